The summed E-state index contributed by atoms with van der Waals surface area (Å²) in [5.41, 5.74) is 1.58. The second-order valence-electron chi connectivity index (χ2n) is 7.83. The number of fused-ring (bicyclic) bond motifs is 1. The minimum atomic E-state index is -1.06. The maximum absolute atomic E-state index is 12.5. The van der Waals surface area contributed by atoms with E-state index >= 15 is 0 Å². The molecule has 2 heterocycles. The normalized spacial score (nSPS) is 29.9. The van der Waals surface area contributed by atoms with Crippen molar-refractivity contribution in [2.45, 2.75) is 51.3 Å². The van der Waals surface area contributed by atoms with Crippen molar-refractivity contribution in [3.63, 3.8) is 0 Å². The third-order valence-corrected chi connectivity index (χ3v) is 5.87. The molecule has 2 fully saturated rings. The molecule has 0 bridgehead atoms. The quantitative estimate of drug-likeness (QED) is 0.846. The van der Waals surface area contributed by atoms with Crippen molar-refractivity contribution in [2.24, 2.45) is 11.8 Å². The fourth-order valence-electron chi connectivity index (χ4n) is 4.55. The molecular formula is C20H26N2O5. The summed E-state index contributed by atoms with van der Waals surface area (Å²) in [6, 6.07) is 5.28. The third-order valence-electron chi connectivity index (χ3n) is 5.87. The molecule has 1 aliphatic carbocycles. The molecule has 2 amide bonds. The first-order valence-corrected chi connectivity index (χ1v) is 9.63. The molecule has 1 saturated heterocycles. The van der Waals surface area contributed by atoms with Crippen molar-refractivity contribution >= 4 is 17.7 Å². The molecule has 146 valence electrons. The van der Waals surface area contributed by atoms with Gasteiger partial charge in [-0.2, -0.15) is 0 Å². The SMILES string of the molecule is CC(=O)N1c2ccc(OC3CCOC3)cc2[C@H](NC(=O)O)[C@@H](C)[C@@H]1C1CC1. The Balaban J connectivity index is 1.73. The number of hydrogen-bond donors (Lipinski definition) is 2. The maximum Gasteiger partial charge on any atom is 0.405 e. The molecule has 7 heteroatoms. The lowest BCUT2D eigenvalue weighted by Crippen LogP contribution is -2.53. The lowest BCUT2D eigenvalue weighted by Gasteiger charge is -2.45. The van der Waals surface area contributed by atoms with E-state index < -0.39 is 6.09 Å². The predicted molar refractivity (Wildman–Crippen MR) is 99.0 cm³/mol. The Labute approximate surface area is 158 Å². The van der Waals surface area contributed by atoms with Crippen LogP contribution < -0.4 is 15.0 Å². The number of benzene rings is 1. The van der Waals surface area contributed by atoms with E-state index in [1.807, 2.05) is 30.0 Å². The number of ether oxygens (including phenoxy) is 2. The van der Waals surface area contributed by atoms with Crippen molar-refractivity contribution in [2.75, 3.05) is 18.1 Å². The van der Waals surface area contributed by atoms with Crippen LogP contribution in [0.4, 0.5) is 10.5 Å². The number of nitrogens with zero attached hydrogens (tertiary/aromatic N) is 1. The van der Waals surface area contributed by atoms with Crippen LogP contribution in [0, 0.1) is 11.8 Å². The van der Waals surface area contributed by atoms with Gasteiger partial charge in [-0.05, 0) is 37.0 Å². The van der Waals surface area contributed by atoms with Gasteiger partial charge >= 0.3 is 6.09 Å². The van der Waals surface area contributed by atoms with Gasteiger partial charge in [0, 0.05) is 36.6 Å². The number of nitrogens with one attached hydrogen (secondary N) is 1. The Morgan fingerprint density at radius 2 is 2.07 bits per heavy atom. The van der Waals surface area contributed by atoms with E-state index in [1.165, 1.54) is 0 Å². The van der Waals surface area contributed by atoms with Crippen molar-refractivity contribution in [1.29, 1.82) is 0 Å². The van der Waals surface area contributed by atoms with Gasteiger partial charge < -0.3 is 24.8 Å². The fourth-order valence-corrected chi connectivity index (χ4v) is 4.55. The van der Waals surface area contributed by atoms with Gasteiger partial charge in [-0.3, -0.25) is 4.79 Å². The average Bonchev–Trinajstić information content (AvgIpc) is 3.32. The monoisotopic (exact) mass is 374 g/mol. The minimum Gasteiger partial charge on any atom is -0.488 e. The zero-order valence-corrected chi connectivity index (χ0v) is 15.7. The van der Waals surface area contributed by atoms with Crippen LogP contribution in [-0.4, -0.2) is 42.5 Å². The molecule has 4 atom stereocenters. The van der Waals surface area contributed by atoms with Crippen LogP contribution in [0.15, 0.2) is 18.2 Å². The van der Waals surface area contributed by atoms with Crippen molar-refractivity contribution in [1.82, 2.24) is 5.32 Å². The van der Waals surface area contributed by atoms with Crippen LogP contribution in [0.25, 0.3) is 0 Å². The topological polar surface area (TPSA) is 88.1 Å². The highest BCUT2D eigenvalue weighted by molar-refractivity contribution is 5.94. The van der Waals surface area contributed by atoms with Gasteiger partial charge in [0.05, 0.1) is 19.3 Å². The number of amides is 2. The largest absolute Gasteiger partial charge is 0.488 e. The summed E-state index contributed by atoms with van der Waals surface area (Å²) in [4.78, 5) is 25.8. The molecule has 0 spiro atoms. The van der Waals surface area contributed by atoms with Crippen molar-refractivity contribution in [3.8, 4) is 5.75 Å². The lowest BCUT2D eigenvalue weighted by molar-refractivity contribution is -0.117. The molecule has 2 aliphatic heterocycles. The Bertz CT molecular complexity index is 742. The number of carbonyl (C=O) groups excluding carboxylic acids is 1. The molecule has 27 heavy (non-hydrogen) atoms. The van der Waals surface area contributed by atoms with Crippen molar-refractivity contribution < 1.29 is 24.2 Å². The van der Waals surface area contributed by atoms with Gasteiger partial charge in [-0.15, -0.1) is 0 Å². The van der Waals surface area contributed by atoms with Gasteiger partial charge in [-0.1, -0.05) is 6.92 Å². The molecule has 1 aromatic carbocycles. The molecule has 0 aromatic heterocycles. The Morgan fingerprint density at radius 3 is 2.67 bits per heavy atom. The zero-order chi connectivity index (χ0) is 19.1. The predicted octanol–water partition coefficient (Wildman–Crippen LogP) is 2.94. The first-order valence-electron chi connectivity index (χ1n) is 9.63. The number of anilines is 1. The van der Waals surface area contributed by atoms with E-state index in [0.29, 0.717) is 24.9 Å². The van der Waals surface area contributed by atoms with Gasteiger partial charge in [-0.25, -0.2) is 4.79 Å². The summed E-state index contributed by atoms with van der Waals surface area (Å²) in [5.74, 6) is 1.09. The summed E-state index contributed by atoms with van der Waals surface area (Å²) >= 11 is 0. The van der Waals surface area contributed by atoms with Gasteiger partial charge in [0.2, 0.25) is 5.91 Å². The van der Waals surface area contributed by atoms with Gasteiger partial charge in [0.15, 0.2) is 0 Å². The number of rotatable bonds is 4. The van der Waals surface area contributed by atoms with E-state index in [9.17, 15) is 14.7 Å². The molecule has 4 rings (SSSR count). The molecule has 2 N–H and O–H groups in total. The van der Waals surface area contributed by atoms with Crippen LogP contribution >= 0.6 is 0 Å². The molecule has 0 radical (unpaired) electrons. The maximum atomic E-state index is 12.5. The molecule has 1 saturated carbocycles. The third kappa shape index (κ3) is 3.48. The summed E-state index contributed by atoms with van der Waals surface area (Å²) < 4.78 is 11.4. The number of carbonyl (C=O) groups is 2. The van der Waals surface area contributed by atoms with Crippen LogP contribution in [0.1, 0.15) is 44.7 Å². The summed E-state index contributed by atoms with van der Waals surface area (Å²) in [6.45, 7) is 4.86. The van der Waals surface area contributed by atoms with E-state index in [-0.39, 0.29) is 30.0 Å². The summed E-state index contributed by atoms with van der Waals surface area (Å²) in [7, 11) is 0. The highest BCUT2D eigenvalue weighted by atomic mass is 16.5. The average molecular weight is 374 g/mol. The standard InChI is InChI=1S/C20H26N2O5/c1-11-18(21-20(24)25)16-9-14(27-15-7-8-26-10-15)5-6-17(16)22(12(2)23)19(11)13-3-4-13/h5-6,9,11,13,15,18-19,21H,3-4,7-8,10H2,1-2H3,(H,24,25)/t11-,15?,18-,19-/m1/s1. The number of hydrogen-bond acceptors (Lipinski definition) is 4. The molecular weight excluding hydrogens is 348 g/mol. The van der Waals surface area contributed by atoms with Gasteiger partial charge in [0.25, 0.3) is 0 Å². The van der Waals surface area contributed by atoms with Gasteiger partial charge in [0.1, 0.15) is 11.9 Å². The van der Waals surface area contributed by atoms with Crippen LogP contribution in [0.5, 0.6) is 5.75 Å². The summed E-state index contributed by atoms with van der Waals surface area (Å²) in [5, 5.41) is 12.1. The molecule has 1 unspecified atom stereocenters. The van der Waals surface area contributed by atoms with Crippen LogP contribution in [-0.2, 0) is 9.53 Å². The lowest BCUT2D eigenvalue weighted by atomic mass is 9.80. The Hall–Kier alpha value is -2.28. The Kier molecular flexibility index (Phi) is 4.72. The molecule has 3 aliphatic rings. The number of carboxylic acid groups (broad SMARTS) is 1. The molecule has 7 nitrogen and oxygen atoms in total. The first kappa shape index (κ1) is 18.1. The minimum absolute atomic E-state index is 0.00774. The van der Waals surface area contributed by atoms with Crippen LogP contribution in [0.2, 0.25) is 0 Å². The smallest absolute Gasteiger partial charge is 0.405 e. The zero-order valence-electron chi connectivity index (χ0n) is 15.7. The van der Waals surface area contributed by atoms with E-state index in [1.54, 1.807) is 6.92 Å². The highest BCUT2D eigenvalue weighted by Crippen LogP contribution is 2.49. The van der Waals surface area contributed by atoms with E-state index in [4.69, 9.17) is 9.47 Å². The summed E-state index contributed by atoms with van der Waals surface area (Å²) in [6.07, 6.45) is 1.96. The van der Waals surface area contributed by atoms with Crippen molar-refractivity contribution in [3.05, 3.63) is 23.8 Å². The highest BCUT2D eigenvalue weighted by Gasteiger charge is 2.48. The molecule has 1 aromatic rings. The fraction of sp³-hybridized carbons (Fsp3) is 0.600. The van der Waals surface area contributed by atoms with Crippen LogP contribution in [0.3, 0.4) is 0 Å². The van der Waals surface area contributed by atoms with E-state index in [0.717, 1.165) is 30.5 Å². The first-order chi connectivity index (χ1) is 13.0. The van der Waals surface area contributed by atoms with E-state index in [2.05, 4.69) is 5.32 Å². The second kappa shape index (κ2) is 7.03. The second-order valence-corrected chi connectivity index (χ2v) is 7.83. The Morgan fingerprint density at radius 1 is 1.30 bits per heavy atom.